The van der Waals surface area contributed by atoms with Gasteiger partial charge in [0.1, 0.15) is 5.60 Å². The quantitative estimate of drug-likeness (QED) is 0.787. The van der Waals surface area contributed by atoms with Gasteiger partial charge in [-0.15, -0.1) is 11.3 Å². The van der Waals surface area contributed by atoms with Gasteiger partial charge in [-0.2, -0.15) is 0 Å². The zero-order chi connectivity index (χ0) is 21.7. The highest BCUT2D eigenvalue weighted by atomic mass is 32.1. The van der Waals surface area contributed by atoms with Crippen LogP contribution in [0.4, 0.5) is 4.79 Å². The summed E-state index contributed by atoms with van der Waals surface area (Å²) < 4.78 is 5.27. The van der Waals surface area contributed by atoms with Gasteiger partial charge in [-0.1, -0.05) is 6.07 Å². The van der Waals surface area contributed by atoms with Crippen molar-refractivity contribution in [2.75, 3.05) is 32.7 Å². The molecule has 2 fully saturated rings. The normalized spacial score (nSPS) is 18.9. The molecule has 0 spiro atoms. The van der Waals surface area contributed by atoms with Crippen LogP contribution < -0.4 is 5.32 Å². The molecule has 3 amide bonds. The Morgan fingerprint density at radius 2 is 1.70 bits per heavy atom. The van der Waals surface area contributed by atoms with Crippen molar-refractivity contribution in [1.82, 2.24) is 15.1 Å². The Labute approximate surface area is 182 Å². The van der Waals surface area contributed by atoms with E-state index in [-0.39, 0.29) is 23.8 Å². The summed E-state index contributed by atoms with van der Waals surface area (Å²) in [6.07, 6.45) is 2.85. The lowest BCUT2D eigenvalue weighted by Crippen LogP contribution is -2.47. The molecule has 0 radical (unpaired) electrons. The molecule has 8 heteroatoms. The molecule has 2 aliphatic rings. The summed E-state index contributed by atoms with van der Waals surface area (Å²) in [7, 11) is 0. The molecule has 0 saturated carbocycles. The molecule has 30 heavy (non-hydrogen) atoms. The fourth-order valence-corrected chi connectivity index (χ4v) is 4.73. The molecule has 1 aromatic heterocycles. The second-order valence-corrected chi connectivity index (χ2v) is 10.1. The van der Waals surface area contributed by atoms with E-state index in [1.807, 2.05) is 48.1 Å². The first-order valence-electron chi connectivity index (χ1n) is 10.8. The highest BCUT2D eigenvalue weighted by molar-refractivity contribution is 7.12. The third-order valence-corrected chi connectivity index (χ3v) is 6.58. The molecule has 1 N–H and O–H groups in total. The number of amides is 3. The Morgan fingerprint density at radius 1 is 1.07 bits per heavy atom. The van der Waals surface area contributed by atoms with Gasteiger partial charge in [0.15, 0.2) is 0 Å². The zero-order valence-corrected chi connectivity index (χ0v) is 19.0. The van der Waals surface area contributed by atoms with Gasteiger partial charge in [0, 0.05) is 38.6 Å². The van der Waals surface area contributed by atoms with Crippen LogP contribution in [0.5, 0.6) is 0 Å². The average molecular weight is 436 g/mol. The third kappa shape index (κ3) is 6.20. The van der Waals surface area contributed by atoms with E-state index in [4.69, 9.17) is 4.74 Å². The fourth-order valence-electron chi connectivity index (χ4n) is 4.04. The van der Waals surface area contributed by atoms with Crippen LogP contribution in [-0.2, 0) is 9.53 Å². The number of nitrogens with zero attached hydrogens (tertiary/aromatic N) is 2. The molecular weight excluding hydrogens is 402 g/mol. The van der Waals surface area contributed by atoms with Gasteiger partial charge in [-0.3, -0.25) is 9.59 Å². The summed E-state index contributed by atoms with van der Waals surface area (Å²) in [5.74, 6) is 0.673. The van der Waals surface area contributed by atoms with E-state index < -0.39 is 5.60 Å². The van der Waals surface area contributed by atoms with Gasteiger partial charge in [0.05, 0.1) is 4.88 Å². The second kappa shape index (κ2) is 9.81. The number of rotatable bonds is 4. The number of hydrogen-bond acceptors (Lipinski definition) is 5. The molecule has 3 heterocycles. The van der Waals surface area contributed by atoms with Crippen molar-refractivity contribution in [2.45, 2.75) is 52.1 Å². The second-order valence-electron chi connectivity index (χ2n) is 9.20. The van der Waals surface area contributed by atoms with Crippen LogP contribution in [-0.4, -0.2) is 66.0 Å². The molecule has 0 atom stereocenters. The average Bonchev–Trinajstić information content (AvgIpc) is 3.25. The van der Waals surface area contributed by atoms with Crippen LogP contribution in [0.3, 0.4) is 0 Å². The molecule has 2 aliphatic heterocycles. The third-order valence-electron chi connectivity index (χ3n) is 5.72. The van der Waals surface area contributed by atoms with E-state index in [9.17, 15) is 14.4 Å². The van der Waals surface area contributed by atoms with Gasteiger partial charge < -0.3 is 19.9 Å². The number of ether oxygens (including phenoxy) is 1. The molecule has 0 unspecified atom stereocenters. The Morgan fingerprint density at radius 3 is 2.27 bits per heavy atom. The van der Waals surface area contributed by atoms with E-state index in [1.165, 1.54) is 11.3 Å². The number of piperidine rings is 2. The summed E-state index contributed by atoms with van der Waals surface area (Å²) in [6.45, 7) is 8.87. The maximum atomic E-state index is 12.9. The molecule has 3 rings (SSSR count). The summed E-state index contributed by atoms with van der Waals surface area (Å²) in [6, 6.07) is 3.74. The van der Waals surface area contributed by atoms with E-state index in [2.05, 4.69) is 5.32 Å². The zero-order valence-electron chi connectivity index (χ0n) is 18.2. The summed E-state index contributed by atoms with van der Waals surface area (Å²) >= 11 is 1.46. The SMILES string of the molecule is CC(C)(C)OC(=O)NCC1CCN(C(=O)C2CCN(C(=O)c3cccs3)CC2)CC1. The van der Waals surface area contributed by atoms with Gasteiger partial charge in [-0.25, -0.2) is 4.79 Å². The molecule has 0 aromatic carbocycles. The lowest BCUT2D eigenvalue weighted by molar-refractivity contribution is -0.138. The topological polar surface area (TPSA) is 79.0 Å². The van der Waals surface area contributed by atoms with Crippen molar-refractivity contribution >= 4 is 29.2 Å². The maximum Gasteiger partial charge on any atom is 0.407 e. The number of carbonyl (C=O) groups is 3. The lowest BCUT2D eigenvalue weighted by atomic mass is 9.92. The predicted octanol–water partition coefficient (Wildman–Crippen LogP) is 3.36. The highest BCUT2D eigenvalue weighted by Gasteiger charge is 2.32. The van der Waals surface area contributed by atoms with Crippen molar-refractivity contribution in [1.29, 1.82) is 0 Å². The molecule has 0 aliphatic carbocycles. The first-order chi connectivity index (χ1) is 14.2. The van der Waals surface area contributed by atoms with Crippen molar-refractivity contribution in [3.05, 3.63) is 22.4 Å². The Hall–Kier alpha value is -2.09. The summed E-state index contributed by atoms with van der Waals surface area (Å²) in [4.78, 5) is 41.8. The highest BCUT2D eigenvalue weighted by Crippen LogP contribution is 2.25. The van der Waals surface area contributed by atoms with Crippen LogP contribution in [0, 0.1) is 11.8 Å². The number of carbonyl (C=O) groups excluding carboxylic acids is 3. The number of nitrogens with one attached hydrogen (secondary N) is 1. The lowest BCUT2D eigenvalue weighted by Gasteiger charge is -2.37. The largest absolute Gasteiger partial charge is 0.444 e. The Kier molecular flexibility index (Phi) is 7.39. The Balaban J connectivity index is 1.37. The van der Waals surface area contributed by atoms with Crippen LogP contribution in [0.2, 0.25) is 0 Å². The van der Waals surface area contributed by atoms with Crippen molar-refractivity contribution in [2.24, 2.45) is 11.8 Å². The van der Waals surface area contributed by atoms with Crippen LogP contribution in [0.15, 0.2) is 17.5 Å². The fraction of sp³-hybridized carbons (Fsp3) is 0.682. The van der Waals surface area contributed by atoms with Crippen molar-refractivity contribution < 1.29 is 19.1 Å². The predicted molar refractivity (Wildman–Crippen MR) is 116 cm³/mol. The molecule has 2 saturated heterocycles. The molecule has 1 aromatic rings. The van der Waals surface area contributed by atoms with Gasteiger partial charge in [0.25, 0.3) is 5.91 Å². The van der Waals surface area contributed by atoms with Crippen LogP contribution in [0.1, 0.15) is 56.1 Å². The van der Waals surface area contributed by atoms with Crippen molar-refractivity contribution in [3.8, 4) is 0 Å². The Bertz CT molecular complexity index is 728. The van der Waals surface area contributed by atoms with Crippen molar-refractivity contribution in [3.63, 3.8) is 0 Å². The number of alkyl carbamates (subject to hydrolysis) is 1. The van der Waals surface area contributed by atoms with Crippen LogP contribution in [0.25, 0.3) is 0 Å². The molecule has 166 valence electrons. The minimum absolute atomic E-state index is 0.00817. The first kappa shape index (κ1) is 22.6. The summed E-state index contributed by atoms with van der Waals surface area (Å²) in [5.41, 5.74) is -0.496. The minimum Gasteiger partial charge on any atom is -0.444 e. The number of thiophene rings is 1. The minimum atomic E-state index is -0.496. The molecular formula is C22H33N3O4S. The van der Waals surface area contributed by atoms with Gasteiger partial charge >= 0.3 is 6.09 Å². The standard InChI is InChI=1S/C22H33N3O4S/c1-22(2,3)29-21(28)23-15-16-6-10-24(11-7-16)19(26)17-8-12-25(13-9-17)20(27)18-5-4-14-30-18/h4-5,14,16-17H,6-13,15H2,1-3H3,(H,23,28). The van der Waals surface area contributed by atoms with E-state index in [1.54, 1.807) is 0 Å². The molecule has 0 bridgehead atoms. The van der Waals surface area contributed by atoms with E-state index in [0.29, 0.717) is 25.6 Å². The van der Waals surface area contributed by atoms with E-state index >= 15 is 0 Å². The maximum absolute atomic E-state index is 12.9. The van der Waals surface area contributed by atoms with Crippen LogP contribution >= 0.6 is 11.3 Å². The van der Waals surface area contributed by atoms with Gasteiger partial charge in [0.2, 0.25) is 5.91 Å². The number of likely N-dealkylation sites (tertiary alicyclic amines) is 2. The van der Waals surface area contributed by atoms with E-state index in [0.717, 1.165) is 43.6 Å². The monoisotopic (exact) mass is 435 g/mol. The smallest absolute Gasteiger partial charge is 0.407 e. The number of hydrogen-bond donors (Lipinski definition) is 1. The summed E-state index contributed by atoms with van der Waals surface area (Å²) in [5, 5.41) is 4.75. The first-order valence-corrected chi connectivity index (χ1v) is 11.7. The van der Waals surface area contributed by atoms with Gasteiger partial charge in [-0.05, 0) is 63.8 Å². The molecule has 7 nitrogen and oxygen atoms in total.